The van der Waals surface area contributed by atoms with Crippen LogP contribution in [0.5, 0.6) is 0 Å². The average molecular weight is 206 g/mol. The fraction of sp³-hybridized carbons (Fsp3) is 0.364. The van der Waals surface area contributed by atoms with Gasteiger partial charge in [0.25, 0.3) is 0 Å². The van der Waals surface area contributed by atoms with Crippen molar-refractivity contribution in [3.05, 3.63) is 29.3 Å². The molecular weight excluding hydrogens is 191 g/mol. The van der Waals surface area contributed by atoms with Crippen LogP contribution in [0.25, 0.3) is 0 Å². The first-order chi connectivity index (χ1) is 7.08. The number of rotatable bonds is 4. The van der Waals surface area contributed by atoms with Crippen LogP contribution < -0.4 is 5.46 Å². The van der Waals surface area contributed by atoms with Crippen molar-refractivity contribution in [2.24, 2.45) is 0 Å². The van der Waals surface area contributed by atoms with Crippen molar-refractivity contribution in [2.45, 2.75) is 26.2 Å². The first kappa shape index (κ1) is 11.9. The van der Waals surface area contributed by atoms with Gasteiger partial charge in [-0.3, -0.25) is 4.79 Å². The molecule has 0 radical (unpaired) electrons. The molecule has 1 rings (SSSR count). The Hall–Kier alpha value is -1.13. The highest BCUT2D eigenvalue weighted by Crippen LogP contribution is 2.18. The summed E-state index contributed by atoms with van der Waals surface area (Å²) >= 11 is 0. The first-order valence-electron chi connectivity index (χ1n) is 5.04. The molecule has 0 amide bonds. The van der Waals surface area contributed by atoms with Gasteiger partial charge in [-0.1, -0.05) is 26.0 Å². The number of aldehydes is 1. The van der Waals surface area contributed by atoms with Crippen LogP contribution in [0.3, 0.4) is 0 Å². The van der Waals surface area contributed by atoms with Crippen molar-refractivity contribution in [3.8, 4) is 0 Å². The SMILES string of the molecule is CCC(C)c1cc(C=O)cc(B(O)O)c1. The normalized spacial score (nSPS) is 12.3. The fourth-order valence-corrected chi connectivity index (χ4v) is 1.44. The van der Waals surface area contributed by atoms with Crippen molar-refractivity contribution < 1.29 is 14.8 Å². The monoisotopic (exact) mass is 206 g/mol. The second-order valence-corrected chi connectivity index (χ2v) is 3.73. The summed E-state index contributed by atoms with van der Waals surface area (Å²) in [6, 6.07) is 5.00. The third-order valence-electron chi connectivity index (χ3n) is 2.62. The lowest BCUT2D eigenvalue weighted by Crippen LogP contribution is -2.30. The molecule has 15 heavy (non-hydrogen) atoms. The lowest BCUT2D eigenvalue weighted by molar-refractivity contribution is 0.112. The molecule has 1 atom stereocenters. The maximum Gasteiger partial charge on any atom is 0.488 e. The Bertz CT molecular complexity index is 350. The summed E-state index contributed by atoms with van der Waals surface area (Å²) in [5.74, 6) is 0.308. The average Bonchev–Trinajstić information content (AvgIpc) is 2.27. The molecule has 1 unspecified atom stereocenters. The zero-order chi connectivity index (χ0) is 11.4. The van der Waals surface area contributed by atoms with Crippen molar-refractivity contribution in [3.63, 3.8) is 0 Å². The van der Waals surface area contributed by atoms with Gasteiger partial charge in [-0.2, -0.15) is 0 Å². The van der Waals surface area contributed by atoms with Crippen molar-refractivity contribution >= 4 is 18.9 Å². The Morgan fingerprint density at radius 3 is 2.53 bits per heavy atom. The molecule has 0 aliphatic rings. The van der Waals surface area contributed by atoms with Crippen LogP contribution in [0.15, 0.2) is 18.2 Å². The maximum atomic E-state index is 10.7. The molecular formula is C11H15BO3. The predicted octanol–water partition coefficient (Wildman–Crippen LogP) is 0.692. The first-order valence-corrected chi connectivity index (χ1v) is 5.04. The van der Waals surface area contributed by atoms with Crippen LogP contribution in [0.1, 0.15) is 42.1 Å². The lowest BCUT2D eigenvalue weighted by atomic mass is 9.77. The second kappa shape index (κ2) is 5.10. The van der Waals surface area contributed by atoms with E-state index in [-0.39, 0.29) is 0 Å². The standard InChI is InChI=1S/C11H15BO3/c1-3-8(2)10-4-9(7-13)5-11(6-10)12(14)15/h4-8,14-15H,3H2,1-2H3. The largest absolute Gasteiger partial charge is 0.488 e. The van der Waals surface area contributed by atoms with Gasteiger partial charge in [0.1, 0.15) is 6.29 Å². The van der Waals surface area contributed by atoms with Gasteiger partial charge in [0, 0.05) is 5.56 Å². The van der Waals surface area contributed by atoms with E-state index >= 15 is 0 Å². The van der Waals surface area contributed by atoms with E-state index in [2.05, 4.69) is 0 Å². The topological polar surface area (TPSA) is 57.5 Å². The van der Waals surface area contributed by atoms with Crippen molar-refractivity contribution in [1.29, 1.82) is 0 Å². The number of carbonyl (C=O) groups excluding carboxylic acids is 1. The van der Waals surface area contributed by atoms with Gasteiger partial charge in [-0.05, 0) is 29.4 Å². The summed E-state index contributed by atoms with van der Waals surface area (Å²) in [7, 11) is -1.52. The Labute approximate surface area is 89.9 Å². The van der Waals surface area contributed by atoms with Crippen LogP contribution >= 0.6 is 0 Å². The Kier molecular flexibility index (Phi) is 4.06. The van der Waals surface area contributed by atoms with Crippen LogP contribution in [-0.4, -0.2) is 23.5 Å². The molecule has 0 saturated heterocycles. The molecule has 1 aromatic rings. The van der Waals surface area contributed by atoms with Crippen LogP contribution in [0.4, 0.5) is 0 Å². The van der Waals surface area contributed by atoms with Gasteiger partial charge in [0.2, 0.25) is 0 Å². The highest BCUT2D eigenvalue weighted by atomic mass is 16.4. The highest BCUT2D eigenvalue weighted by Gasteiger charge is 2.14. The fourth-order valence-electron chi connectivity index (χ4n) is 1.44. The molecule has 1 aromatic carbocycles. The van der Waals surface area contributed by atoms with E-state index in [1.54, 1.807) is 12.1 Å². The molecule has 80 valence electrons. The van der Waals surface area contributed by atoms with Crippen LogP contribution in [0, 0.1) is 0 Å². The molecule has 3 nitrogen and oxygen atoms in total. The minimum atomic E-state index is -1.52. The van der Waals surface area contributed by atoms with Crippen LogP contribution in [0.2, 0.25) is 0 Å². The molecule has 0 heterocycles. The van der Waals surface area contributed by atoms with E-state index in [0.717, 1.165) is 18.3 Å². The van der Waals surface area contributed by atoms with E-state index in [1.165, 1.54) is 6.07 Å². The third-order valence-corrected chi connectivity index (χ3v) is 2.62. The zero-order valence-electron chi connectivity index (χ0n) is 8.97. The Balaban J connectivity index is 3.16. The smallest absolute Gasteiger partial charge is 0.423 e. The second-order valence-electron chi connectivity index (χ2n) is 3.73. The summed E-state index contributed by atoms with van der Waals surface area (Å²) in [5.41, 5.74) is 1.82. The minimum Gasteiger partial charge on any atom is -0.423 e. The molecule has 0 fully saturated rings. The summed E-state index contributed by atoms with van der Waals surface area (Å²) in [6.07, 6.45) is 1.67. The third kappa shape index (κ3) is 2.91. The van der Waals surface area contributed by atoms with E-state index in [9.17, 15) is 4.79 Å². The van der Waals surface area contributed by atoms with E-state index in [4.69, 9.17) is 10.0 Å². The highest BCUT2D eigenvalue weighted by molar-refractivity contribution is 6.58. The molecule has 0 aliphatic carbocycles. The lowest BCUT2D eigenvalue weighted by Gasteiger charge is -2.11. The quantitative estimate of drug-likeness (QED) is 0.562. The van der Waals surface area contributed by atoms with Gasteiger partial charge in [-0.15, -0.1) is 0 Å². The van der Waals surface area contributed by atoms with Gasteiger partial charge < -0.3 is 10.0 Å². The number of carbonyl (C=O) groups is 1. The summed E-state index contributed by atoms with van der Waals surface area (Å²) in [6.45, 7) is 4.09. The van der Waals surface area contributed by atoms with E-state index < -0.39 is 7.12 Å². The van der Waals surface area contributed by atoms with Gasteiger partial charge in [-0.25, -0.2) is 0 Å². The summed E-state index contributed by atoms with van der Waals surface area (Å²) in [5, 5.41) is 18.1. The number of hydrogen-bond acceptors (Lipinski definition) is 3. The van der Waals surface area contributed by atoms with Gasteiger partial charge in [0.05, 0.1) is 0 Å². The molecule has 0 aliphatic heterocycles. The molecule has 0 saturated carbocycles. The van der Waals surface area contributed by atoms with Gasteiger partial charge in [0.15, 0.2) is 0 Å². The summed E-state index contributed by atoms with van der Waals surface area (Å²) < 4.78 is 0. The van der Waals surface area contributed by atoms with E-state index in [1.807, 2.05) is 13.8 Å². The zero-order valence-corrected chi connectivity index (χ0v) is 8.97. The Morgan fingerprint density at radius 2 is 2.07 bits per heavy atom. The van der Waals surface area contributed by atoms with Crippen LogP contribution in [-0.2, 0) is 0 Å². The molecule has 4 heteroatoms. The maximum absolute atomic E-state index is 10.7. The minimum absolute atomic E-state index is 0.308. The summed E-state index contributed by atoms with van der Waals surface area (Å²) in [4.78, 5) is 10.7. The predicted molar refractivity (Wildman–Crippen MR) is 60.4 cm³/mol. The van der Waals surface area contributed by atoms with Crippen molar-refractivity contribution in [2.75, 3.05) is 0 Å². The Morgan fingerprint density at radius 1 is 1.40 bits per heavy atom. The molecule has 0 spiro atoms. The number of hydrogen-bond donors (Lipinski definition) is 2. The molecule has 0 bridgehead atoms. The van der Waals surface area contributed by atoms with Crippen molar-refractivity contribution in [1.82, 2.24) is 0 Å². The van der Waals surface area contributed by atoms with Gasteiger partial charge >= 0.3 is 7.12 Å². The van der Waals surface area contributed by atoms with E-state index in [0.29, 0.717) is 16.9 Å². The number of benzene rings is 1. The molecule has 2 N–H and O–H groups in total. The molecule has 0 aromatic heterocycles.